The fourth-order valence-corrected chi connectivity index (χ4v) is 3.37. The summed E-state index contributed by atoms with van der Waals surface area (Å²) < 4.78 is 2.12. The van der Waals surface area contributed by atoms with Crippen LogP contribution in [0, 0.1) is 5.92 Å². The monoisotopic (exact) mass is 332 g/mol. The Morgan fingerprint density at radius 1 is 1.08 bits per heavy atom. The number of nitrogen functional groups attached to an aromatic ring is 1. The van der Waals surface area contributed by atoms with Gasteiger partial charge in [-0.15, -0.1) is 0 Å². The molecule has 1 amide bonds. The Balaban J connectivity index is 1.68. The van der Waals surface area contributed by atoms with Crippen LogP contribution in [0.4, 0.5) is 17.1 Å². The molecule has 3 aromatic rings. The van der Waals surface area contributed by atoms with E-state index >= 15 is 0 Å². The van der Waals surface area contributed by atoms with Crippen LogP contribution in [0.2, 0.25) is 0 Å². The fourth-order valence-electron chi connectivity index (χ4n) is 3.37. The van der Waals surface area contributed by atoms with E-state index < -0.39 is 0 Å². The smallest absolute Gasteiger partial charge is 0.235 e. The molecule has 4 rings (SSSR count). The molecule has 5 heteroatoms. The predicted octanol–water partition coefficient (Wildman–Crippen LogP) is 3.39. The minimum absolute atomic E-state index is 0.0537. The van der Waals surface area contributed by atoms with Crippen LogP contribution in [0.5, 0.6) is 0 Å². The van der Waals surface area contributed by atoms with Crippen molar-refractivity contribution in [3.63, 3.8) is 0 Å². The number of carbonyl (C=O) groups is 1. The van der Waals surface area contributed by atoms with E-state index in [2.05, 4.69) is 9.55 Å². The van der Waals surface area contributed by atoms with Gasteiger partial charge >= 0.3 is 0 Å². The number of hydrogen-bond donors (Lipinski definition) is 1. The maximum absolute atomic E-state index is 13.4. The second kappa shape index (κ2) is 6.43. The Bertz CT molecular complexity index is 870. The van der Waals surface area contributed by atoms with Gasteiger partial charge in [-0.2, -0.15) is 0 Å². The molecule has 0 radical (unpaired) electrons. The molecule has 5 nitrogen and oxygen atoms in total. The van der Waals surface area contributed by atoms with Gasteiger partial charge in [0.25, 0.3) is 0 Å². The summed E-state index contributed by atoms with van der Waals surface area (Å²) in [5.74, 6) is 0.0605. The number of fused-ring (bicyclic) bond motifs is 1. The largest absolute Gasteiger partial charge is 0.399 e. The number of amides is 1. The fraction of sp³-hybridized carbons (Fsp3) is 0.200. The normalized spacial score (nSPS) is 16.2. The van der Waals surface area contributed by atoms with Gasteiger partial charge in [-0.25, -0.2) is 4.98 Å². The Morgan fingerprint density at radius 3 is 2.56 bits per heavy atom. The Hall–Kier alpha value is -3.08. The topological polar surface area (TPSA) is 64.2 Å². The maximum atomic E-state index is 13.4. The third-order valence-corrected chi connectivity index (χ3v) is 4.71. The van der Waals surface area contributed by atoms with Crippen molar-refractivity contribution in [2.75, 3.05) is 10.6 Å². The van der Waals surface area contributed by atoms with E-state index in [1.807, 2.05) is 67.1 Å². The van der Waals surface area contributed by atoms with E-state index in [4.69, 9.17) is 5.73 Å². The summed E-state index contributed by atoms with van der Waals surface area (Å²) in [6.45, 7) is 0.829. The number of nitrogens with two attached hydrogens (primary N) is 1. The summed E-state index contributed by atoms with van der Waals surface area (Å²) >= 11 is 0. The van der Waals surface area contributed by atoms with Crippen LogP contribution in [0.3, 0.4) is 0 Å². The van der Waals surface area contributed by atoms with Crippen LogP contribution >= 0.6 is 0 Å². The summed E-state index contributed by atoms with van der Waals surface area (Å²) in [6.07, 6.45) is 5.23. The second-order valence-corrected chi connectivity index (χ2v) is 6.37. The van der Waals surface area contributed by atoms with Crippen LogP contribution in [-0.4, -0.2) is 15.5 Å². The molecule has 1 unspecified atom stereocenters. The summed E-state index contributed by atoms with van der Waals surface area (Å²) in [5.41, 5.74) is 9.33. The zero-order chi connectivity index (χ0) is 17.2. The first-order valence-corrected chi connectivity index (χ1v) is 8.46. The molecule has 1 aromatic heterocycles. The van der Waals surface area contributed by atoms with Gasteiger partial charge in [-0.1, -0.05) is 18.2 Å². The molecule has 126 valence electrons. The lowest BCUT2D eigenvalue weighted by atomic mass is 9.94. The standard InChI is InChI=1S/C20H20N4O/c21-16-6-8-18(9-7-16)24(17-4-2-1-3-5-17)20(25)15-10-11-23-14-22-13-19(23)12-15/h1-9,13-15H,10-12,21H2. The lowest BCUT2D eigenvalue weighted by molar-refractivity contribution is -0.122. The average Bonchev–Trinajstić information content (AvgIpc) is 3.12. The second-order valence-electron chi connectivity index (χ2n) is 6.37. The molecular formula is C20H20N4O. The predicted molar refractivity (Wildman–Crippen MR) is 98.5 cm³/mol. The van der Waals surface area contributed by atoms with E-state index in [1.54, 1.807) is 4.90 Å². The summed E-state index contributed by atoms with van der Waals surface area (Å²) in [7, 11) is 0. The number of benzene rings is 2. The maximum Gasteiger partial charge on any atom is 0.235 e. The molecule has 0 saturated carbocycles. The first-order valence-electron chi connectivity index (χ1n) is 8.46. The highest BCUT2D eigenvalue weighted by Gasteiger charge is 2.30. The minimum Gasteiger partial charge on any atom is -0.399 e. The first kappa shape index (κ1) is 15.4. The number of aromatic nitrogens is 2. The zero-order valence-corrected chi connectivity index (χ0v) is 13.9. The number of carbonyl (C=O) groups excluding carboxylic acids is 1. The number of aryl methyl sites for hydroxylation is 1. The SMILES string of the molecule is Nc1ccc(N(C(=O)C2CCn3cncc3C2)c2ccccc2)cc1. The Labute approximate surface area is 146 Å². The third-order valence-electron chi connectivity index (χ3n) is 4.71. The van der Waals surface area contributed by atoms with Crippen molar-refractivity contribution in [2.45, 2.75) is 19.4 Å². The number of nitrogens with zero attached hydrogens (tertiary/aromatic N) is 3. The Morgan fingerprint density at radius 2 is 1.80 bits per heavy atom. The lowest BCUT2D eigenvalue weighted by Gasteiger charge is -2.30. The number of anilines is 3. The van der Waals surface area contributed by atoms with Crippen molar-refractivity contribution >= 4 is 23.0 Å². The van der Waals surface area contributed by atoms with Crippen molar-refractivity contribution in [1.82, 2.24) is 9.55 Å². The van der Waals surface area contributed by atoms with Gasteiger partial charge < -0.3 is 10.3 Å². The van der Waals surface area contributed by atoms with E-state index in [9.17, 15) is 4.79 Å². The van der Waals surface area contributed by atoms with Crippen LogP contribution in [-0.2, 0) is 17.8 Å². The van der Waals surface area contributed by atoms with Crippen molar-refractivity contribution in [3.05, 3.63) is 72.8 Å². The highest BCUT2D eigenvalue weighted by molar-refractivity contribution is 6.02. The molecule has 2 heterocycles. The van der Waals surface area contributed by atoms with Crippen LogP contribution in [0.1, 0.15) is 12.1 Å². The number of rotatable bonds is 3. The first-order chi connectivity index (χ1) is 12.2. The minimum atomic E-state index is -0.0537. The molecule has 0 saturated heterocycles. The molecule has 0 spiro atoms. The van der Waals surface area contributed by atoms with E-state index in [-0.39, 0.29) is 11.8 Å². The van der Waals surface area contributed by atoms with Crippen molar-refractivity contribution in [3.8, 4) is 0 Å². The van der Waals surface area contributed by atoms with Gasteiger partial charge in [0.1, 0.15) is 0 Å². The van der Waals surface area contributed by atoms with Crippen LogP contribution in [0.15, 0.2) is 67.1 Å². The van der Waals surface area contributed by atoms with Gasteiger partial charge in [-0.3, -0.25) is 9.69 Å². The third kappa shape index (κ3) is 3.01. The molecule has 1 atom stereocenters. The molecular weight excluding hydrogens is 312 g/mol. The molecule has 1 aliphatic heterocycles. The molecule has 0 aliphatic carbocycles. The highest BCUT2D eigenvalue weighted by Crippen LogP contribution is 2.31. The van der Waals surface area contributed by atoms with Crippen LogP contribution < -0.4 is 10.6 Å². The van der Waals surface area contributed by atoms with Gasteiger partial charge in [0.2, 0.25) is 5.91 Å². The van der Waals surface area contributed by atoms with Crippen molar-refractivity contribution < 1.29 is 4.79 Å². The molecule has 2 N–H and O–H groups in total. The molecule has 0 bridgehead atoms. The van der Waals surface area contributed by atoms with Crippen molar-refractivity contribution in [1.29, 1.82) is 0 Å². The summed E-state index contributed by atoms with van der Waals surface area (Å²) in [5, 5.41) is 0. The van der Waals surface area contributed by atoms with E-state index in [0.717, 1.165) is 36.5 Å². The quantitative estimate of drug-likeness (QED) is 0.748. The summed E-state index contributed by atoms with van der Waals surface area (Å²) in [4.78, 5) is 19.4. The molecule has 2 aromatic carbocycles. The van der Waals surface area contributed by atoms with Gasteiger partial charge in [0, 0.05) is 47.8 Å². The zero-order valence-electron chi connectivity index (χ0n) is 13.9. The average molecular weight is 332 g/mol. The molecule has 25 heavy (non-hydrogen) atoms. The van der Waals surface area contributed by atoms with Crippen LogP contribution in [0.25, 0.3) is 0 Å². The number of imidazole rings is 1. The van der Waals surface area contributed by atoms with E-state index in [0.29, 0.717) is 5.69 Å². The lowest BCUT2D eigenvalue weighted by Crippen LogP contribution is -2.36. The number of hydrogen-bond acceptors (Lipinski definition) is 3. The summed E-state index contributed by atoms with van der Waals surface area (Å²) in [6, 6.07) is 17.2. The van der Waals surface area contributed by atoms with Gasteiger partial charge in [0.15, 0.2) is 0 Å². The van der Waals surface area contributed by atoms with Gasteiger partial charge in [-0.05, 0) is 42.8 Å². The van der Waals surface area contributed by atoms with E-state index in [1.165, 1.54) is 0 Å². The van der Waals surface area contributed by atoms with Gasteiger partial charge in [0.05, 0.1) is 6.33 Å². The van der Waals surface area contributed by atoms with Crippen molar-refractivity contribution in [2.24, 2.45) is 5.92 Å². The number of para-hydroxylation sites is 1. The Kier molecular flexibility index (Phi) is 3.98. The molecule has 0 fully saturated rings. The molecule has 1 aliphatic rings. The highest BCUT2D eigenvalue weighted by atomic mass is 16.2.